The van der Waals surface area contributed by atoms with Crippen molar-refractivity contribution in [1.82, 2.24) is 14.5 Å². The lowest BCUT2D eigenvalue weighted by molar-refractivity contribution is 0.103. The third-order valence-corrected chi connectivity index (χ3v) is 4.57. The molecule has 0 amide bonds. The Labute approximate surface area is 167 Å². The quantitative estimate of drug-likeness (QED) is 0.632. The SMILES string of the molecule is CN(C)Cc1ncc(CO)n1-c1cc(Cl)ccc1C(=O)c1ccc(Cl)cc1. The fraction of sp³-hybridized carbons (Fsp3) is 0.200. The molecular formula is C20H19Cl2N3O2. The Morgan fingerprint density at radius 2 is 1.78 bits per heavy atom. The number of aliphatic hydroxyl groups is 1. The van der Waals surface area contributed by atoms with E-state index in [2.05, 4.69) is 4.98 Å². The maximum Gasteiger partial charge on any atom is 0.195 e. The third-order valence-electron chi connectivity index (χ3n) is 4.08. The first-order chi connectivity index (χ1) is 12.9. The van der Waals surface area contributed by atoms with E-state index in [0.717, 1.165) is 0 Å². The van der Waals surface area contributed by atoms with Crippen LogP contribution in [0.2, 0.25) is 10.0 Å². The van der Waals surface area contributed by atoms with Crippen molar-refractivity contribution in [2.24, 2.45) is 0 Å². The molecule has 27 heavy (non-hydrogen) atoms. The zero-order chi connectivity index (χ0) is 19.6. The molecule has 7 heteroatoms. The summed E-state index contributed by atoms with van der Waals surface area (Å²) in [6.07, 6.45) is 1.61. The maximum absolute atomic E-state index is 13.1. The van der Waals surface area contributed by atoms with Crippen LogP contribution in [0.3, 0.4) is 0 Å². The molecular weight excluding hydrogens is 385 g/mol. The van der Waals surface area contributed by atoms with Crippen LogP contribution >= 0.6 is 23.2 Å². The first kappa shape index (κ1) is 19.6. The van der Waals surface area contributed by atoms with Crippen LogP contribution in [0.1, 0.15) is 27.4 Å². The minimum Gasteiger partial charge on any atom is -0.390 e. The van der Waals surface area contributed by atoms with Gasteiger partial charge in [-0.3, -0.25) is 9.36 Å². The van der Waals surface area contributed by atoms with E-state index in [-0.39, 0.29) is 12.4 Å². The second kappa shape index (κ2) is 8.23. The average molecular weight is 404 g/mol. The Morgan fingerprint density at radius 3 is 2.41 bits per heavy atom. The van der Waals surface area contributed by atoms with Crippen LogP contribution in [-0.4, -0.2) is 39.4 Å². The molecule has 0 saturated carbocycles. The number of carbonyl (C=O) groups excluding carboxylic acids is 1. The van der Waals surface area contributed by atoms with Gasteiger partial charge >= 0.3 is 0 Å². The summed E-state index contributed by atoms with van der Waals surface area (Å²) in [5.74, 6) is 0.545. The van der Waals surface area contributed by atoms with E-state index in [1.165, 1.54) is 0 Å². The van der Waals surface area contributed by atoms with Gasteiger partial charge in [0.05, 0.1) is 30.7 Å². The summed E-state index contributed by atoms with van der Waals surface area (Å²) in [4.78, 5) is 19.5. The Balaban J connectivity index is 2.17. The van der Waals surface area contributed by atoms with Crippen molar-refractivity contribution < 1.29 is 9.90 Å². The first-order valence-corrected chi connectivity index (χ1v) is 9.07. The molecule has 1 heterocycles. The summed E-state index contributed by atoms with van der Waals surface area (Å²) in [5, 5.41) is 10.8. The van der Waals surface area contributed by atoms with Gasteiger partial charge in [-0.1, -0.05) is 23.2 Å². The Bertz CT molecular complexity index is 966. The number of aromatic nitrogens is 2. The standard InChI is InChI=1S/C20H19Cl2N3O2/c1-24(2)11-19-23-10-16(12-26)25(19)18-9-15(22)7-8-17(18)20(27)13-3-5-14(21)6-4-13/h3-10,26H,11-12H2,1-2H3. The molecule has 0 aliphatic carbocycles. The van der Waals surface area contributed by atoms with Crippen molar-refractivity contribution >= 4 is 29.0 Å². The molecule has 5 nitrogen and oxygen atoms in total. The van der Waals surface area contributed by atoms with E-state index >= 15 is 0 Å². The number of benzene rings is 2. The van der Waals surface area contributed by atoms with E-state index in [4.69, 9.17) is 23.2 Å². The Kier molecular flexibility index (Phi) is 5.97. The van der Waals surface area contributed by atoms with E-state index in [1.54, 1.807) is 53.2 Å². The maximum atomic E-state index is 13.1. The van der Waals surface area contributed by atoms with Crippen LogP contribution < -0.4 is 0 Å². The van der Waals surface area contributed by atoms with Gasteiger partial charge in [0.15, 0.2) is 5.78 Å². The largest absolute Gasteiger partial charge is 0.390 e. The summed E-state index contributed by atoms with van der Waals surface area (Å²) in [7, 11) is 3.85. The number of rotatable bonds is 6. The zero-order valence-electron chi connectivity index (χ0n) is 15.0. The molecule has 0 atom stereocenters. The number of carbonyl (C=O) groups is 1. The second-order valence-corrected chi connectivity index (χ2v) is 7.27. The molecule has 2 aromatic carbocycles. The van der Waals surface area contributed by atoms with Crippen LogP contribution in [0.15, 0.2) is 48.7 Å². The van der Waals surface area contributed by atoms with Crippen molar-refractivity contribution in [2.75, 3.05) is 14.1 Å². The number of halogens is 2. The van der Waals surface area contributed by atoms with Gasteiger partial charge in [0.25, 0.3) is 0 Å². The normalized spacial score (nSPS) is 11.2. The summed E-state index contributed by atoms with van der Waals surface area (Å²) in [6.45, 7) is 0.336. The monoisotopic (exact) mass is 403 g/mol. The average Bonchev–Trinajstić information content (AvgIpc) is 3.03. The molecule has 0 radical (unpaired) electrons. The summed E-state index contributed by atoms with van der Waals surface area (Å²) >= 11 is 12.2. The number of ketones is 1. The highest BCUT2D eigenvalue weighted by molar-refractivity contribution is 6.31. The molecule has 0 saturated heterocycles. The summed E-state index contributed by atoms with van der Waals surface area (Å²) in [5.41, 5.74) is 2.15. The van der Waals surface area contributed by atoms with Gasteiger partial charge in [0.2, 0.25) is 0 Å². The highest BCUT2D eigenvalue weighted by Crippen LogP contribution is 2.26. The number of hydrogen-bond donors (Lipinski definition) is 1. The van der Waals surface area contributed by atoms with Gasteiger partial charge in [-0.05, 0) is 56.6 Å². The molecule has 3 rings (SSSR count). The van der Waals surface area contributed by atoms with Crippen molar-refractivity contribution in [3.05, 3.63) is 81.4 Å². The van der Waals surface area contributed by atoms with Crippen LogP contribution in [0.4, 0.5) is 0 Å². The minimum absolute atomic E-state index is 0.160. The molecule has 0 spiro atoms. The van der Waals surface area contributed by atoms with Crippen LogP contribution in [0.5, 0.6) is 0 Å². The summed E-state index contributed by atoms with van der Waals surface area (Å²) in [6, 6.07) is 11.8. The molecule has 0 bridgehead atoms. The van der Waals surface area contributed by atoms with E-state index in [1.807, 2.05) is 19.0 Å². The molecule has 0 aliphatic heterocycles. The number of hydrogen-bond acceptors (Lipinski definition) is 4. The lowest BCUT2D eigenvalue weighted by Gasteiger charge is -2.17. The smallest absolute Gasteiger partial charge is 0.195 e. The van der Waals surface area contributed by atoms with Crippen molar-refractivity contribution in [3.63, 3.8) is 0 Å². The predicted molar refractivity (Wildman–Crippen MR) is 107 cm³/mol. The molecule has 0 aliphatic rings. The fourth-order valence-corrected chi connectivity index (χ4v) is 3.16. The minimum atomic E-state index is -0.207. The predicted octanol–water partition coefficient (Wildman–Crippen LogP) is 3.96. The van der Waals surface area contributed by atoms with Gasteiger partial charge in [0, 0.05) is 21.2 Å². The van der Waals surface area contributed by atoms with E-state index in [9.17, 15) is 9.90 Å². The molecule has 0 fully saturated rings. The molecule has 1 N–H and O–H groups in total. The zero-order valence-corrected chi connectivity index (χ0v) is 16.5. The molecule has 1 aromatic heterocycles. The number of nitrogens with zero attached hydrogens (tertiary/aromatic N) is 3. The highest BCUT2D eigenvalue weighted by atomic mass is 35.5. The van der Waals surface area contributed by atoms with Crippen molar-refractivity contribution in [3.8, 4) is 5.69 Å². The first-order valence-electron chi connectivity index (χ1n) is 8.32. The van der Waals surface area contributed by atoms with Gasteiger partial charge in [-0.2, -0.15) is 0 Å². The van der Waals surface area contributed by atoms with Gasteiger partial charge < -0.3 is 10.0 Å². The number of aliphatic hydroxyl groups excluding tert-OH is 1. The molecule has 0 unspecified atom stereocenters. The molecule has 3 aromatic rings. The van der Waals surface area contributed by atoms with Gasteiger partial charge in [-0.25, -0.2) is 4.98 Å². The lowest BCUT2D eigenvalue weighted by atomic mass is 10.0. The van der Waals surface area contributed by atoms with Crippen LogP contribution in [-0.2, 0) is 13.2 Å². The fourth-order valence-electron chi connectivity index (χ4n) is 2.87. The Hall–Kier alpha value is -2.18. The van der Waals surface area contributed by atoms with Crippen molar-refractivity contribution in [2.45, 2.75) is 13.2 Å². The van der Waals surface area contributed by atoms with Crippen LogP contribution in [0, 0.1) is 0 Å². The summed E-state index contributed by atoms with van der Waals surface area (Å²) < 4.78 is 1.79. The molecule has 140 valence electrons. The Morgan fingerprint density at radius 1 is 1.11 bits per heavy atom. The van der Waals surface area contributed by atoms with Gasteiger partial charge in [-0.15, -0.1) is 0 Å². The van der Waals surface area contributed by atoms with Crippen molar-refractivity contribution in [1.29, 1.82) is 0 Å². The highest BCUT2D eigenvalue weighted by Gasteiger charge is 2.20. The van der Waals surface area contributed by atoms with E-state index < -0.39 is 0 Å². The van der Waals surface area contributed by atoms with E-state index in [0.29, 0.717) is 44.9 Å². The van der Waals surface area contributed by atoms with Gasteiger partial charge in [0.1, 0.15) is 5.82 Å². The lowest BCUT2D eigenvalue weighted by Crippen LogP contribution is -2.17. The second-order valence-electron chi connectivity index (χ2n) is 6.39. The number of imidazole rings is 1. The van der Waals surface area contributed by atoms with Crippen LogP contribution in [0.25, 0.3) is 5.69 Å². The topological polar surface area (TPSA) is 58.4 Å². The third kappa shape index (κ3) is 4.22.